The molecule has 4 nitrogen and oxygen atoms in total. The van der Waals surface area contributed by atoms with Crippen LogP contribution in [-0.4, -0.2) is 35.4 Å². The molecule has 0 N–H and O–H groups in total. The zero-order chi connectivity index (χ0) is 16.9. The number of amidine groups is 1. The summed E-state index contributed by atoms with van der Waals surface area (Å²) in [6.45, 7) is 2.73. The lowest BCUT2D eigenvalue weighted by atomic mass is 10.1. The fourth-order valence-electron chi connectivity index (χ4n) is 2.63. The summed E-state index contributed by atoms with van der Waals surface area (Å²) < 4.78 is 5.34. The molecule has 2 aromatic carbocycles. The zero-order valence-electron chi connectivity index (χ0n) is 13.9. The van der Waals surface area contributed by atoms with E-state index in [1.54, 1.807) is 23.8 Å². The minimum Gasteiger partial charge on any atom is -0.496 e. The Morgan fingerprint density at radius 2 is 1.96 bits per heavy atom. The third-order valence-electron chi connectivity index (χ3n) is 3.94. The zero-order valence-corrected chi connectivity index (χ0v) is 14.7. The van der Waals surface area contributed by atoms with Gasteiger partial charge in [-0.25, -0.2) is 4.99 Å². The molecule has 1 saturated heterocycles. The molecule has 1 fully saturated rings. The van der Waals surface area contributed by atoms with E-state index in [0.29, 0.717) is 13.0 Å². The van der Waals surface area contributed by atoms with E-state index < -0.39 is 0 Å². The fourth-order valence-corrected chi connectivity index (χ4v) is 3.59. The van der Waals surface area contributed by atoms with Gasteiger partial charge in [-0.1, -0.05) is 48.2 Å². The lowest BCUT2D eigenvalue weighted by Crippen LogP contribution is -2.33. The Hall–Kier alpha value is -2.27. The highest BCUT2D eigenvalue weighted by atomic mass is 32.2. The van der Waals surface area contributed by atoms with Crippen LogP contribution in [-0.2, 0) is 11.2 Å². The second-order valence-electron chi connectivity index (χ2n) is 5.56. The lowest BCUT2D eigenvalue weighted by Gasteiger charge is -2.17. The van der Waals surface area contributed by atoms with Gasteiger partial charge in [-0.2, -0.15) is 0 Å². The summed E-state index contributed by atoms with van der Waals surface area (Å²) in [6, 6.07) is 15.6. The molecule has 0 atom stereocenters. The van der Waals surface area contributed by atoms with Crippen LogP contribution in [0.3, 0.4) is 0 Å². The Bertz CT molecular complexity index is 773. The maximum Gasteiger partial charge on any atom is 0.233 e. The molecule has 24 heavy (non-hydrogen) atoms. The van der Waals surface area contributed by atoms with Crippen LogP contribution in [0, 0.1) is 6.92 Å². The maximum atomic E-state index is 12.7. The van der Waals surface area contributed by atoms with Crippen LogP contribution in [0.15, 0.2) is 53.5 Å². The van der Waals surface area contributed by atoms with Crippen molar-refractivity contribution in [1.29, 1.82) is 0 Å². The number of aliphatic imine (C=N–C) groups is 1. The monoisotopic (exact) mass is 340 g/mol. The van der Waals surface area contributed by atoms with Crippen molar-refractivity contribution in [1.82, 2.24) is 4.90 Å². The number of benzene rings is 2. The lowest BCUT2D eigenvalue weighted by molar-refractivity contribution is -0.126. The van der Waals surface area contributed by atoms with Crippen molar-refractivity contribution in [3.8, 4) is 5.75 Å². The maximum absolute atomic E-state index is 12.7. The summed E-state index contributed by atoms with van der Waals surface area (Å²) in [5.74, 6) is 1.68. The first-order valence-corrected chi connectivity index (χ1v) is 8.87. The molecule has 124 valence electrons. The van der Waals surface area contributed by atoms with Gasteiger partial charge in [0.05, 0.1) is 19.2 Å². The minimum absolute atomic E-state index is 0.0526. The number of hydrogen-bond donors (Lipinski definition) is 0. The second kappa shape index (κ2) is 7.53. The predicted octanol–water partition coefficient (Wildman–Crippen LogP) is 3.81. The van der Waals surface area contributed by atoms with Gasteiger partial charge in [-0.05, 0) is 24.6 Å². The molecule has 1 amide bonds. The number of carbonyl (C=O) groups excluding carboxylic acids is 1. The van der Waals surface area contributed by atoms with Gasteiger partial charge in [0.1, 0.15) is 5.75 Å². The minimum atomic E-state index is 0.0526. The predicted molar refractivity (Wildman–Crippen MR) is 99.1 cm³/mol. The average Bonchev–Trinajstić information content (AvgIpc) is 3.06. The van der Waals surface area contributed by atoms with Gasteiger partial charge in [-0.3, -0.25) is 9.69 Å². The molecule has 1 heterocycles. The SMILES string of the molecule is COc1ccccc1CC(=O)N1CCSC1=Nc1ccccc1C. The number of carbonyl (C=O) groups is 1. The summed E-state index contributed by atoms with van der Waals surface area (Å²) in [6.07, 6.45) is 0.317. The summed E-state index contributed by atoms with van der Waals surface area (Å²) in [7, 11) is 1.63. The number of ether oxygens (including phenoxy) is 1. The first-order chi connectivity index (χ1) is 11.7. The van der Waals surface area contributed by atoms with Crippen molar-refractivity contribution in [2.75, 3.05) is 19.4 Å². The molecule has 2 aromatic rings. The first kappa shape index (κ1) is 16.6. The topological polar surface area (TPSA) is 41.9 Å². The third kappa shape index (κ3) is 3.62. The molecule has 0 radical (unpaired) electrons. The Kier molecular flexibility index (Phi) is 5.20. The van der Waals surface area contributed by atoms with E-state index in [4.69, 9.17) is 9.73 Å². The Labute approximate surface area is 146 Å². The van der Waals surface area contributed by atoms with Gasteiger partial charge < -0.3 is 4.74 Å². The van der Waals surface area contributed by atoms with E-state index in [1.807, 2.05) is 55.5 Å². The number of thioether (sulfide) groups is 1. The average molecular weight is 340 g/mol. The summed E-state index contributed by atoms with van der Waals surface area (Å²) >= 11 is 1.63. The number of amides is 1. The molecule has 0 bridgehead atoms. The molecule has 0 unspecified atom stereocenters. The number of para-hydroxylation sites is 2. The standard InChI is InChI=1S/C19H20N2O2S/c1-14-7-3-5-9-16(14)20-19-21(11-12-24-19)18(22)13-15-8-4-6-10-17(15)23-2/h3-10H,11-13H2,1-2H3. The molecular weight excluding hydrogens is 320 g/mol. The van der Waals surface area contributed by atoms with Crippen molar-refractivity contribution in [2.45, 2.75) is 13.3 Å². The van der Waals surface area contributed by atoms with Crippen LogP contribution in [0.4, 0.5) is 5.69 Å². The van der Waals surface area contributed by atoms with Crippen molar-refractivity contribution in [2.24, 2.45) is 4.99 Å². The number of hydrogen-bond acceptors (Lipinski definition) is 4. The van der Waals surface area contributed by atoms with E-state index in [1.165, 1.54) is 0 Å². The van der Waals surface area contributed by atoms with E-state index >= 15 is 0 Å². The van der Waals surface area contributed by atoms with Crippen LogP contribution in [0.2, 0.25) is 0 Å². The van der Waals surface area contributed by atoms with E-state index in [9.17, 15) is 4.79 Å². The molecule has 5 heteroatoms. The van der Waals surface area contributed by atoms with Crippen LogP contribution >= 0.6 is 11.8 Å². The highest BCUT2D eigenvalue weighted by molar-refractivity contribution is 8.14. The summed E-state index contributed by atoms with van der Waals surface area (Å²) in [5.41, 5.74) is 2.92. The fraction of sp³-hybridized carbons (Fsp3) is 0.263. The van der Waals surface area contributed by atoms with Gasteiger partial charge in [0.15, 0.2) is 5.17 Å². The third-order valence-corrected chi connectivity index (χ3v) is 4.90. The van der Waals surface area contributed by atoms with Crippen molar-refractivity contribution < 1.29 is 9.53 Å². The highest BCUT2D eigenvalue weighted by Gasteiger charge is 2.26. The molecular formula is C19H20N2O2S. The molecule has 1 aliphatic heterocycles. The normalized spacial score (nSPS) is 15.8. The number of nitrogens with zero attached hydrogens (tertiary/aromatic N) is 2. The largest absolute Gasteiger partial charge is 0.496 e. The van der Waals surface area contributed by atoms with Gasteiger partial charge in [0, 0.05) is 17.9 Å². The smallest absolute Gasteiger partial charge is 0.233 e. The summed E-state index contributed by atoms with van der Waals surface area (Å²) in [4.78, 5) is 19.2. The summed E-state index contributed by atoms with van der Waals surface area (Å²) in [5, 5.41) is 0.782. The van der Waals surface area contributed by atoms with Gasteiger partial charge in [-0.15, -0.1) is 0 Å². The Balaban J connectivity index is 1.80. The highest BCUT2D eigenvalue weighted by Crippen LogP contribution is 2.26. The van der Waals surface area contributed by atoms with Crippen LogP contribution in [0.25, 0.3) is 0 Å². The molecule has 0 aromatic heterocycles. The molecule has 0 saturated carbocycles. The Morgan fingerprint density at radius 3 is 2.75 bits per heavy atom. The van der Waals surface area contributed by atoms with Crippen molar-refractivity contribution in [3.63, 3.8) is 0 Å². The van der Waals surface area contributed by atoms with Crippen molar-refractivity contribution in [3.05, 3.63) is 59.7 Å². The van der Waals surface area contributed by atoms with Gasteiger partial charge in [0.25, 0.3) is 0 Å². The number of methoxy groups -OCH3 is 1. The van der Waals surface area contributed by atoms with Crippen LogP contribution < -0.4 is 4.74 Å². The van der Waals surface area contributed by atoms with Gasteiger partial charge in [0.2, 0.25) is 5.91 Å². The van der Waals surface area contributed by atoms with Crippen LogP contribution in [0.1, 0.15) is 11.1 Å². The number of rotatable bonds is 4. The van der Waals surface area contributed by atoms with Crippen molar-refractivity contribution >= 4 is 28.5 Å². The van der Waals surface area contributed by atoms with E-state index in [0.717, 1.165) is 33.5 Å². The first-order valence-electron chi connectivity index (χ1n) is 7.88. The molecule has 1 aliphatic rings. The second-order valence-corrected chi connectivity index (χ2v) is 6.63. The van der Waals surface area contributed by atoms with E-state index in [2.05, 4.69) is 0 Å². The quantitative estimate of drug-likeness (QED) is 0.850. The van der Waals surface area contributed by atoms with Gasteiger partial charge >= 0.3 is 0 Å². The van der Waals surface area contributed by atoms with Crippen LogP contribution in [0.5, 0.6) is 5.75 Å². The number of aryl methyl sites for hydroxylation is 1. The molecule has 0 spiro atoms. The Morgan fingerprint density at radius 1 is 1.21 bits per heavy atom. The van der Waals surface area contributed by atoms with E-state index in [-0.39, 0.29) is 5.91 Å². The molecule has 0 aliphatic carbocycles. The molecule has 3 rings (SSSR count).